The van der Waals surface area contributed by atoms with Crippen LogP contribution in [-0.2, 0) is 16.1 Å². The van der Waals surface area contributed by atoms with Crippen LogP contribution >= 0.6 is 0 Å². The molecule has 1 aliphatic carbocycles. The largest absolute Gasteiger partial charge is 0.387 e. The number of fused-ring (bicyclic) bond motifs is 1. The average Bonchev–Trinajstić information content (AvgIpc) is 3.14. The van der Waals surface area contributed by atoms with Crippen LogP contribution in [0.3, 0.4) is 0 Å². The third kappa shape index (κ3) is 2.28. The molecule has 4 atom stereocenters. The molecule has 1 aliphatic heterocycles. The number of hydrogen-bond acceptors (Lipinski definition) is 3. The second kappa shape index (κ2) is 4.83. The molecule has 20 heavy (non-hydrogen) atoms. The van der Waals surface area contributed by atoms with Gasteiger partial charge in [-0.25, -0.2) is 0 Å². The van der Waals surface area contributed by atoms with Gasteiger partial charge in [-0.1, -0.05) is 44.2 Å². The van der Waals surface area contributed by atoms with E-state index in [1.165, 1.54) is 0 Å². The highest BCUT2D eigenvalue weighted by atomic mass is 16.6. The van der Waals surface area contributed by atoms with Gasteiger partial charge in [-0.15, -0.1) is 0 Å². The summed E-state index contributed by atoms with van der Waals surface area (Å²) in [6.45, 7) is 6.77. The third-order valence-electron chi connectivity index (χ3n) is 4.93. The first-order valence-electron chi connectivity index (χ1n) is 7.51. The highest BCUT2D eigenvalue weighted by Gasteiger charge is 2.68. The summed E-state index contributed by atoms with van der Waals surface area (Å²) in [5.41, 5.74) is 0.266. The van der Waals surface area contributed by atoms with Crippen molar-refractivity contribution in [2.24, 2.45) is 5.92 Å². The number of benzene rings is 1. The lowest BCUT2D eigenvalue weighted by atomic mass is 9.73. The van der Waals surface area contributed by atoms with E-state index in [1.54, 1.807) is 0 Å². The van der Waals surface area contributed by atoms with Crippen LogP contribution in [-0.4, -0.2) is 28.5 Å². The first-order valence-corrected chi connectivity index (χ1v) is 7.51. The zero-order valence-corrected chi connectivity index (χ0v) is 12.5. The van der Waals surface area contributed by atoms with E-state index in [0.29, 0.717) is 12.5 Å². The molecule has 0 aromatic heterocycles. The third-order valence-corrected chi connectivity index (χ3v) is 4.93. The minimum absolute atomic E-state index is 0.0370. The summed E-state index contributed by atoms with van der Waals surface area (Å²) in [6.07, 6.45) is 1.46. The van der Waals surface area contributed by atoms with Crippen molar-refractivity contribution in [1.82, 2.24) is 0 Å². The molecule has 0 spiro atoms. The van der Waals surface area contributed by atoms with Gasteiger partial charge in [0, 0.05) is 0 Å². The molecule has 110 valence electrons. The summed E-state index contributed by atoms with van der Waals surface area (Å²) >= 11 is 0. The minimum atomic E-state index is -0.797. The van der Waals surface area contributed by atoms with Gasteiger partial charge >= 0.3 is 0 Å². The topological polar surface area (TPSA) is 42.0 Å². The van der Waals surface area contributed by atoms with Gasteiger partial charge in [0.15, 0.2) is 0 Å². The van der Waals surface area contributed by atoms with E-state index in [0.717, 1.165) is 18.4 Å². The average molecular weight is 276 g/mol. The van der Waals surface area contributed by atoms with Crippen molar-refractivity contribution >= 4 is 0 Å². The molecule has 1 saturated carbocycles. The molecular formula is C17H24O3. The lowest BCUT2D eigenvalue weighted by Crippen LogP contribution is -2.51. The van der Waals surface area contributed by atoms with Crippen LogP contribution in [0.5, 0.6) is 0 Å². The fourth-order valence-corrected chi connectivity index (χ4v) is 3.42. The maximum absolute atomic E-state index is 10.6. The van der Waals surface area contributed by atoms with E-state index in [4.69, 9.17) is 9.47 Å². The van der Waals surface area contributed by atoms with Crippen LogP contribution in [0, 0.1) is 5.92 Å². The Labute approximate surface area is 120 Å². The normalized spacial score (nSPS) is 39.6. The molecule has 1 heterocycles. The van der Waals surface area contributed by atoms with E-state index in [-0.39, 0.29) is 17.8 Å². The van der Waals surface area contributed by atoms with E-state index in [9.17, 15) is 5.11 Å². The fourth-order valence-electron chi connectivity index (χ4n) is 3.42. The van der Waals surface area contributed by atoms with Crippen molar-refractivity contribution in [3.63, 3.8) is 0 Å². The smallest absolute Gasteiger partial charge is 0.117 e. The number of aliphatic hydroxyl groups is 1. The SMILES string of the molecule is CC(C)[C@@]12CC[C@](C)(O)[C@H](OCc3ccccc3)[C@@H]1O2. The number of epoxide rings is 1. The Bertz CT molecular complexity index is 468. The van der Waals surface area contributed by atoms with Crippen LogP contribution in [0.25, 0.3) is 0 Å². The molecule has 0 bridgehead atoms. The lowest BCUT2D eigenvalue weighted by Gasteiger charge is -2.38. The zero-order chi connectivity index (χ0) is 14.4. The van der Waals surface area contributed by atoms with Crippen LogP contribution in [0.4, 0.5) is 0 Å². The number of hydrogen-bond donors (Lipinski definition) is 1. The standard InChI is InChI=1S/C17H24O3/c1-12(2)17-10-9-16(3,18)14(15(17)20-17)19-11-13-7-5-4-6-8-13/h4-8,12,14-15,18H,9-11H2,1-3H3/t14-,15+,16+,17+/m1/s1. The first kappa shape index (κ1) is 14.1. The second-order valence-electron chi connectivity index (χ2n) is 6.72. The Morgan fingerprint density at radius 1 is 1.30 bits per heavy atom. The van der Waals surface area contributed by atoms with E-state index in [1.807, 2.05) is 37.3 Å². The van der Waals surface area contributed by atoms with Crippen molar-refractivity contribution in [3.05, 3.63) is 35.9 Å². The van der Waals surface area contributed by atoms with Gasteiger partial charge in [0.1, 0.15) is 12.2 Å². The first-order chi connectivity index (χ1) is 9.46. The van der Waals surface area contributed by atoms with E-state index >= 15 is 0 Å². The lowest BCUT2D eigenvalue weighted by molar-refractivity contribution is -0.127. The minimum Gasteiger partial charge on any atom is -0.387 e. The van der Waals surface area contributed by atoms with Crippen LogP contribution in [0.1, 0.15) is 39.2 Å². The molecule has 3 rings (SSSR count). The fraction of sp³-hybridized carbons (Fsp3) is 0.647. The quantitative estimate of drug-likeness (QED) is 0.860. The summed E-state index contributed by atoms with van der Waals surface area (Å²) < 4.78 is 12.0. The summed E-state index contributed by atoms with van der Waals surface area (Å²) in [7, 11) is 0. The molecule has 1 saturated heterocycles. The molecule has 3 nitrogen and oxygen atoms in total. The highest BCUT2D eigenvalue weighted by Crippen LogP contribution is 2.55. The molecule has 0 radical (unpaired) electrons. The zero-order valence-electron chi connectivity index (χ0n) is 12.5. The molecule has 1 N–H and O–H groups in total. The Morgan fingerprint density at radius 2 is 2.00 bits per heavy atom. The van der Waals surface area contributed by atoms with Gasteiger partial charge in [-0.05, 0) is 31.2 Å². The summed E-state index contributed by atoms with van der Waals surface area (Å²) in [4.78, 5) is 0. The van der Waals surface area contributed by atoms with Crippen molar-refractivity contribution < 1.29 is 14.6 Å². The predicted octanol–water partition coefficient (Wildman–Crippen LogP) is 2.91. The van der Waals surface area contributed by atoms with Gasteiger partial charge < -0.3 is 14.6 Å². The maximum Gasteiger partial charge on any atom is 0.117 e. The summed E-state index contributed by atoms with van der Waals surface area (Å²) in [5.74, 6) is 0.464. The predicted molar refractivity (Wildman–Crippen MR) is 77.3 cm³/mol. The molecule has 1 aromatic rings. The molecule has 0 unspecified atom stereocenters. The Balaban J connectivity index is 1.70. The van der Waals surface area contributed by atoms with Crippen LogP contribution < -0.4 is 0 Å². The van der Waals surface area contributed by atoms with Crippen molar-refractivity contribution in [1.29, 1.82) is 0 Å². The van der Waals surface area contributed by atoms with Crippen LogP contribution in [0.2, 0.25) is 0 Å². The van der Waals surface area contributed by atoms with Gasteiger partial charge in [-0.2, -0.15) is 0 Å². The molecule has 3 heteroatoms. The van der Waals surface area contributed by atoms with E-state index in [2.05, 4.69) is 13.8 Å². The molecule has 0 amide bonds. The second-order valence-corrected chi connectivity index (χ2v) is 6.72. The van der Waals surface area contributed by atoms with Crippen molar-refractivity contribution in [2.45, 2.75) is 63.6 Å². The summed E-state index contributed by atoms with van der Waals surface area (Å²) in [6, 6.07) is 10.1. The Kier molecular flexibility index (Phi) is 3.39. The molecule has 1 aromatic carbocycles. The Hall–Kier alpha value is -0.900. The van der Waals surface area contributed by atoms with Crippen molar-refractivity contribution in [2.75, 3.05) is 0 Å². The number of ether oxygens (including phenoxy) is 2. The van der Waals surface area contributed by atoms with Gasteiger partial charge in [0.05, 0.1) is 17.8 Å². The molecule has 2 aliphatic rings. The summed E-state index contributed by atoms with van der Waals surface area (Å²) in [5, 5.41) is 10.6. The Morgan fingerprint density at radius 3 is 2.65 bits per heavy atom. The highest BCUT2D eigenvalue weighted by molar-refractivity contribution is 5.18. The van der Waals surface area contributed by atoms with Gasteiger partial charge in [-0.3, -0.25) is 0 Å². The monoisotopic (exact) mass is 276 g/mol. The van der Waals surface area contributed by atoms with Gasteiger partial charge in [0.2, 0.25) is 0 Å². The van der Waals surface area contributed by atoms with E-state index < -0.39 is 5.60 Å². The maximum atomic E-state index is 10.6. The molecular weight excluding hydrogens is 252 g/mol. The van der Waals surface area contributed by atoms with Crippen molar-refractivity contribution in [3.8, 4) is 0 Å². The number of rotatable bonds is 4. The van der Waals surface area contributed by atoms with Crippen LogP contribution in [0.15, 0.2) is 30.3 Å². The van der Waals surface area contributed by atoms with Gasteiger partial charge in [0.25, 0.3) is 0 Å². The molecule has 2 fully saturated rings.